The molecule has 0 fully saturated rings. The van der Waals surface area contributed by atoms with Crippen molar-refractivity contribution < 1.29 is 4.79 Å². The van der Waals surface area contributed by atoms with Gasteiger partial charge in [-0.05, 0) is 20.8 Å². The van der Waals surface area contributed by atoms with Crippen molar-refractivity contribution in [3.05, 3.63) is 18.0 Å². The molecule has 0 spiro atoms. The van der Waals surface area contributed by atoms with Gasteiger partial charge in [0.2, 0.25) is 0 Å². The van der Waals surface area contributed by atoms with Crippen LogP contribution in [0.3, 0.4) is 0 Å². The maximum absolute atomic E-state index is 11.4. The zero-order valence-corrected chi connectivity index (χ0v) is 8.19. The van der Waals surface area contributed by atoms with Crippen LogP contribution in [0.1, 0.15) is 37.2 Å². The number of hydrogen-bond acceptors (Lipinski definition) is 3. The summed E-state index contributed by atoms with van der Waals surface area (Å²) in [6.07, 6.45) is 3.29. The predicted molar refractivity (Wildman–Crippen MR) is 50.6 cm³/mol. The third-order valence-electron chi connectivity index (χ3n) is 1.83. The fourth-order valence-corrected chi connectivity index (χ4v) is 1.01. The first-order valence-corrected chi connectivity index (χ1v) is 4.36. The van der Waals surface area contributed by atoms with E-state index in [1.165, 1.54) is 0 Å². The van der Waals surface area contributed by atoms with E-state index < -0.39 is 6.04 Å². The zero-order chi connectivity index (χ0) is 10.0. The molecule has 1 atom stereocenters. The van der Waals surface area contributed by atoms with Gasteiger partial charge in [-0.3, -0.25) is 9.48 Å². The van der Waals surface area contributed by atoms with Gasteiger partial charge in [0, 0.05) is 12.2 Å². The minimum Gasteiger partial charge on any atom is -0.321 e. The molecule has 1 unspecified atom stereocenters. The van der Waals surface area contributed by atoms with Gasteiger partial charge in [-0.15, -0.1) is 0 Å². The largest absolute Gasteiger partial charge is 0.321 e. The summed E-state index contributed by atoms with van der Waals surface area (Å²) in [4.78, 5) is 11.4. The molecule has 2 N–H and O–H groups in total. The van der Waals surface area contributed by atoms with E-state index in [4.69, 9.17) is 5.73 Å². The molecule has 72 valence electrons. The maximum Gasteiger partial charge on any atom is 0.182 e. The van der Waals surface area contributed by atoms with Gasteiger partial charge in [-0.1, -0.05) is 0 Å². The summed E-state index contributed by atoms with van der Waals surface area (Å²) >= 11 is 0. The maximum atomic E-state index is 11.4. The van der Waals surface area contributed by atoms with E-state index in [1.54, 1.807) is 24.0 Å². The van der Waals surface area contributed by atoms with E-state index in [2.05, 4.69) is 5.10 Å². The SMILES string of the molecule is CC(N)C(=O)c1cnn(C(C)C)c1. The van der Waals surface area contributed by atoms with E-state index in [9.17, 15) is 4.79 Å². The van der Waals surface area contributed by atoms with Crippen LogP contribution in [0, 0.1) is 0 Å². The van der Waals surface area contributed by atoms with Crippen molar-refractivity contribution in [2.75, 3.05) is 0 Å². The fourth-order valence-electron chi connectivity index (χ4n) is 1.01. The van der Waals surface area contributed by atoms with Crippen LogP contribution in [-0.2, 0) is 0 Å². The minimum absolute atomic E-state index is 0.0631. The van der Waals surface area contributed by atoms with Gasteiger partial charge in [-0.2, -0.15) is 5.10 Å². The average Bonchev–Trinajstić information content (AvgIpc) is 2.50. The first-order chi connectivity index (χ1) is 6.02. The molecule has 4 heteroatoms. The summed E-state index contributed by atoms with van der Waals surface area (Å²) in [6.45, 7) is 5.69. The van der Waals surface area contributed by atoms with Crippen molar-refractivity contribution in [1.29, 1.82) is 0 Å². The van der Waals surface area contributed by atoms with Gasteiger partial charge >= 0.3 is 0 Å². The Hall–Kier alpha value is -1.16. The molecule has 1 aromatic rings. The molecule has 0 aliphatic rings. The standard InChI is InChI=1S/C9H15N3O/c1-6(2)12-5-8(4-11-12)9(13)7(3)10/h4-7H,10H2,1-3H3. The van der Waals surface area contributed by atoms with Gasteiger partial charge < -0.3 is 5.73 Å². The number of Topliss-reactive ketones (excluding diaryl/α,β-unsaturated/α-hetero) is 1. The summed E-state index contributed by atoms with van der Waals surface area (Å²) < 4.78 is 1.75. The lowest BCUT2D eigenvalue weighted by molar-refractivity contribution is 0.0968. The van der Waals surface area contributed by atoms with Gasteiger partial charge in [0.1, 0.15) is 0 Å². The monoisotopic (exact) mass is 181 g/mol. The van der Waals surface area contributed by atoms with Crippen LogP contribution in [-0.4, -0.2) is 21.6 Å². The highest BCUT2D eigenvalue weighted by atomic mass is 16.1. The van der Waals surface area contributed by atoms with E-state index in [0.29, 0.717) is 5.56 Å². The highest BCUT2D eigenvalue weighted by Crippen LogP contribution is 2.06. The van der Waals surface area contributed by atoms with Gasteiger partial charge in [0.15, 0.2) is 5.78 Å². The first kappa shape index (κ1) is 9.92. The molecule has 0 bridgehead atoms. The number of hydrogen-bond donors (Lipinski definition) is 1. The molecule has 0 aliphatic heterocycles. The molecule has 1 aromatic heterocycles. The molecular formula is C9H15N3O. The van der Waals surface area contributed by atoms with Gasteiger partial charge in [0.05, 0.1) is 17.8 Å². The number of carbonyl (C=O) groups excluding carboxylic acids is 1. The molecule has 1 rings (SSSR count). The van der Waals surface area contributed by atoms with E-state index in [1.807, 2.05) is 13.8 Å². The summed E-state index contributed by atoms with van der Waals surface area (Å²) in [5.74, 6) is -0.0631. The summed E-state index contributed by atoms with van der Waals surface area (Å²) in [5.41, 5.74) is 6.05. The van der Waals surface area contributed by atoms with Crippen LogP contribution in [0.15, 0.2) is 12.4 Å². The topological polar surface area (TPSA) is 60.9 Å². The second-order valence-corrected chi connectivity index (χ2v) is 3.46. The molecule has 0 aromatic carbocycles. The molecule has 0 saturated heterocycles. The summed E-state index contributed by atoms with van der Waals surface area (Å²) in [7, 11) is 0. The molecule has 0 amide bonds. The second-order valence-electron chi connectivity index (χ2n) is 3.46. The lowest BCUT2D eigenvalue weighted by Crippen LogP contribution is -2.26. The Bertz CT molecular complexity index is 302. The first-order valence-electron chi connectivity index (χ1n) is 4.36. The highest BCUT2D eigenvalue weighted by molar-refractivity contribution is 5.99. The van der Waals surface area contributed by atoms with Crippen LogP contribution in [0.5, 0.6) is 0 Å². The van der Waals surface area contributed by atoms with Gasteiger partial charge in [0.25, 0.3) is 0 Å². The third kappa shape index (κ3) is 2.15. The number of carbonyl (C=O) groups is 1. The molecule has 0 aliphatic carbocycles. The van der Waals surface area contributed by atoms with E-state index in [-0.39, 0.29) is 11.8 Å². The van der Waals surface area contributed by atoms with Crippen LogP contribution >= 0.6 is 0 Å². The van der Waals surface area contributed by atoms with Gasteiger partial charge in [-0.25, -0.2) is 0 Å². The Balaban J connectivity index is 2.86. The Morgan fingerprint density at radius 2 is 2.15 bits per heavy atom. The lowest BCUT2D eigenvalue weighted by atomic mass is 10.1. The smallest absolute Gasteiger partial charge is 0.182 e. The summed E-state index contributed by atoms with van der Waals surface area (Å²) in [5, 5.41) is 4.06. The van der Waals surface area contributed by atoms with Crippen molar-refractivity contribution in [1.82, 2.24) is 9.78 Å². The molecule has 13 heavy (non-hydrogen) atoms. The lowest BCUT2D eigenvalue weighted by Gasteiger charge is -2.03. The van der Waals surface area contributed by atoms with Crippen molar-refractivity contribution in [3.63, 3.8) is 0 Å². The Morgan fingerprint density at radius 3 is 2.54 bits per heavy atom. The minimum atomic E-state index is -0.454. The third-order valence-corrected chi connectivity index (χ3v) is 1.83. The van der Waals surface area contributed by atoms with Crippen LogP contribution in [0.2, 0.25) is 0 Å². The fraction of sp³-hybridized carbons (Fsp3) is 0.556. The molecule has 4 nitrogen and oxygen atoms in total. The highest BCUT2D eigenvalue weighted by Gasteiger charge is 2.13. The van der Waals surface area contributed by atoms with Crippen molar-refractivity contribution >= 4 is 5.78 Å². The molecule has 0 radical (unpaired) electrons. The number of nitrogens with two attached hydrogens (primary N) is 1. The number of rotatable bonds is 3. The van der Waals surface area contributed by atoms with Crippen LogP contribution in [0.25, 0.3) is 0 Å². The van der Waals surface area contributed by atoms with Crippen LogP contribution < -0.4 is 5.73 Å². The van der Waals surface area contributed by atoms with E-state index in [0.717, 1.165) is 0 Å². The van der Waals surface area contributed by atoms with Crippen molar-refractivity contribution in [3.8, 4) is 0 Å². The predicted octanol–water partition coefficient (Wildman–Crippen LogP) is 0.994. The Labute approximate surface area is 77.7 Å². The molecule has 1 heterocycles. The Morgan fingerprint density at radius 1 is 1.54 bits per heavy atom. The molecular weight excluding hydrogens is 166 g/mol. The molecule has 0 saturated carbocycles. The van der Waals surface area contributed by atoms with Crippen LogP contribution in [0.4, 0.5) is 0 Å². The van der Waals surface area contributed by atoms with Crippen molar-refractivity contribution in [2.45, 2.75) is 32.9 Å². The van der Waals surface area contributed by atoms with E-state index >= 15 is 0 Å². The number of nitrogens with zero attached hydrogens (tertiary/aromatic N) is 2. The Kier molecular flexibility index (Phi) is 2.83. The average molecular weight is 181 g/mol. The normalized spacial score (nSPS) is 13.3. The zero-order valence-electron chi connectivity index (χ0n) is 8.19. The quantitative estimate of drug-likeness (QED) is 0.707. The number of ketones is 1. The number of aromatic nitrogens is 2. The summed E-state index contributed by atoms with van der Waals surface area (Å²) in [6, 6.07) is -0.181. The second kappa shape index (κ2) is 3.70. The van der Waals surface area contributed by atoms with Crippen molar-refractivity contribution in [2.24, 2.45) is 5.73 Å².